The van der Waals surface area contributed by atoms with Crippen LogP contribution in [0.1, 0.15) is 35.4 Å². The number of amides is 1. The molecule has 1 amide bonds. The largest absolute Gasteiger partial charge is 0.483 e. The van der Waals surface area contributed by atoms with Gasteiger partial charge in [-0.25, -0.2) is 0 Å². The molecule has 0 saturated heterocycles. The van der Waals surface area contributed by atoms with Crippen LogP contribution in [0.4, 0.5) is 0 Å². The molecule has 0 atom stereocenters. The Morgan fingerprint density at radius 3 is 2.95 bits per heavy atom. The molecule has 0 unspecified atom stereocenters. The summed E-state index contributed by atoms with van der Waals surface area (Å²) in [5.74, 6) is 0.907. The minimum Gasteiger partial charge on any atom is -0.483 e. The van der Waals surface area contributed by atoms with E-state index in [0.717, 1.165) is 12.8 Å². The molecule has 0 aliphatic rings. The van der Waals surface area contributed by atoms with E-state index >= 15 is 0 Å². The van der Waals surface area contributed by atoms with E-state index in [0.29, 0.717) is 23.0 Å². The van der Waals surface area contributed by atoms with Crippen molar-refractivity contribution < 1.29 is 14.1 Å². The number of carbonyl (C=O) groups excluding carboxylic acids is 1. The third kappa shape index (κ3) is 3.31. The molecule has 2 aromatic rings. The molecule has 2 N–H and O–H groups in total. The standard InChI is InChI=1S/C13H15N3O3/c1-2-5-11-15-12(19-16-11)8-18-10-7-4-3-6-9(10)13(14)17/h3-4,6-7H,2,5,8H2,1H3,(H2,14,17). The molecule has 1 aromatic heterocycles. The van der Waals surface area contributed by atoms with Crippen LogP contribution in [0.25, 0.3) is 0 Å². The summed E-state index contributed by atoms with van der Waals surface area (Å²) in [6.07, 6.45) is 1.71. The van der Waals surface area contributed by atoms with Gasteiger partial charge in [-0.2, -0.15) is 4.98 Å². The molecule has 1 heterocycles. The Morgan fingerprint density at radius 1 is 1.42 bits per heavy atom. The first-order valence-corrected chi connectivity index (χ1v) is 6.03. The number of benzene rings is 1. The molecule has 100 valence electrons. The summed E-state index contributed by atoms with van der Waals surface area (Å²) in [5.41, 5.74) is 5.59. The van der Waals surface area contributed by atoms with Gasteiger partial charge in [-0.15, -0.1) is 0 Å². The molecule has 19 heavy (non-hydrogen) atoms. The summed E-state index contributed by atoms with van der Waals surface area (Å²) in [4.78, 5) is 15.4. The zero-order valence-corrected chi connectivity index (χ0v) is 10.6. The molecule has 0 bridgehead atoms. The summed E-state index contributed by atoms with van der Waals surface area (Å²) in [5, 5.41) is 3.82. The molecular formula is C13H15N3O3. The van der Waals surface area contributed by atoms with Gasteiger partial charge in [0, 0.05) is 6.42 Å². The molecule has 0 aliphatic heterocycles. The van der Waals surface area contributed by atoms with E-state index in [2.05, 4.69) is 10.1 Å². The number of nitrogens with two attached hydrogens (primary N) is 1. The lowest BCUT2D eigenvalue weighted by Gasteiger charge is -2.06. The first kappa shape index (κ1) is 13.1. The van der Waals surface area contributed by atoms with Crippen LogP contribution in [-0.4, -0.2) is 16.0 Å². The van der Waals surface area contributed by atoms with E-state index in [1.165, 1.54) is 0 Å². The van der Waals surface area contributed by atoms with Crippen molar-refractivity contribution in [2.24, 2.45) is 5.73 Å². The van der Waals surface area contributed by atoms with Gasteiger partial charge in [-0.05, 0) is 18.6 Å². The first-order valence-electron chi connectivity index (χ1n) is 6.03. The SMILES string of the molecule is CCCc1noc(COc2ccccc2C(N)=O)n1. The maximum atomic E-state index is 11.2. The Bertz CT molecular complexity index is 566. The lowest BCUT2D eigenvalue weighted by atomic mass is 10.2. The van der Waals surface area contributed by atoms with E-state index in [4.69, 9.17) is 15.0 Å². The summed E-state index contributed by atoms with van der Waals surface area (Å²) in [6, 6.07) is 6.76. The number of para-hydroxylation sites is 1. The van der Waals surface area contributed by atoms with Crippen LogP contribution in [0.2, 0.25) is 0 Å². The van der Waals surface area contributed by atoms with Crippen LogP contribution >= 0.6 is 0 Å². The molecule has 2 rings (SSSR count). The van der Waals surface area contributed by atoms with Gasteiger partial charge in [-0.3, -0.25) is 4.79 Å². The average molecular weight is 261 g/mol. The highest BCUT2D eigenvalue weighted by Crippen LogP contribution is 2.18. The number of aromatic nitrogens is 2. The van der Waals surface area contributed by atoms with Crippen LogP contribution in [-0.2, 0) is 13.0 Å². The summed E-state index contributed by atoms with van der Waals surface area (Å²) in [7, 11) is 0. The van der Waals surface area contributed by atoms with Gasteiger partial charge in [0.15, 0.2) is 12.4 Å². The second kappa shape index (κ2) is 5.99. The molecule has 0 fully saturated rings. The third-order valence-corrected chi connectivity index (χ3v) is 2.49. The number of rotatable bonds is 6. The zero-order chi connectivity index (χ0) is 13.7. The molecule has 6 nitrogen and oxygen atoms in total. The lowest BCUT2D eigenvalue weighted by molar-refractivity contribution is 0.0995. The molecule has 0 radical (unpaired) electrons. The van der Waals surface area contributed by atoms with Crippen LogP contribution in [0.5, 0.6) is 5.75 Å². The predicted molar refractivity (Wildman–Crippen MR) is 67.6 cm³/mol. The highest BCUT2D eigenvalue weighted by molar-refractivity contribution is 5.95. The van der Waals surface area contributed by atoms with Crippen LogP contribution in [0.3, 0.4) is 0 Å². The zero-order valence-electron chi connectivity index (χ0n) is 10.6. The number of aryl methyl sites for hydroxylation is 1. The van der Waals surface area contributed by atoms with E-state index in [1.807, 2.05) is 6.92 Å². The van der Waals surface area contributed by atoms with E-state index in [9.17, 15) is 4.79 Å². The summed E-state index contributed by atoms with van der Waals surface area (Å²) >= 11 is 0. The molecule has 0 aliphatic carbocycles. The minimum absolute atomic E-state index is 0.112. The topological polar surface area (TPSA) is 91.2 Å². The van der Waals surface area contributed by atoms with Gasteiger partial charge in [0.05, 0.1) is 5.56 Å². The molecule has 0 saturated carbocycles. The quantitative estimate of drug-likeness (QED) is 0.854. The fraction of sp³-hybridized carbons (Fsp3) is 0.308. The van der Waals surface area contributed by atoms with Gasteiger partial charge >= 0.3 is 0 Å². The van der Waals surface area contributed by atoms with Crippen LogP contribution in [0.15, 0.2) is 28.8 Å². The third-order valence-electron chi connectivity index (χ3n) is 2.49. The van der Waals surface area contributed by atoms with Crippen molar-refractivity contribution in [2.75, 3.05) is 0 Å². The number of hydrogen-bond donors (Lipinski definition) is 1. The van der Waals surface area contributed by atoms with E-state index in [1.54, 1.807) is 24.3 Å². The maximum absolute atomic E-state index is 11.2. The highest BCUT2D eigenvalue weighted by Gasteiger charge is 2.11. The normalized spacial score (nSPS) is 10.4. The van der Waals surface area contributed by atoms with Crippen LogP contribution < -0.4 is 10.5 Å². The van der Waals surface area contributed by atoms with Gasteiger partial charge in [-0.1, -0.05) is 24.2 Å². The van der Waals surface area contributed by atoms with Gasteiger partial charge < -0.3 is 15.0 Å². The molecule has 0 spiro atoms. The second-order valence-electron chi connectivity index (χ2n) is 4.00. The van der Waals surface area contributed by atoms with Crippen molar-refractivity contribution in [1.82, 2.24) is 10.1 Å². The fourth-order valence-corrected chi connectivity index (χ4v) is 1.61. The lowest BCUT2D eigenvalue weighted by Crippen LogP contribution is -2.12. The number of hydrogen-bond acceptors (Lipinski definition) is 5. The Labute approximate surface area is 110 Å². The van der Waals surface area contributed by atoms with E-state index in [-0.39, 0.29) is 6.61 Å². The Morgan fingerprint density at radius 2 is 2.21 bits per heavy atom. The Balaban J connectivity index is 2.03. The monoisotopic (exact) mass is 261 g/mol. The average Bonchev–Trinajstić information content (AvgIpc) is 2.85. The van der Waals surface area contributed by atoms with Crippen molar-refractivity contribution in [3.05, 3.63) is 41.5 Å². The van der Waals surface area contributed by atoms with E-state index < -0.39 is 5.91 Å². The molecular weight excluding hydrogens is 246 g/mol. The van der Waals surface area contributed by atoms with Crippen molar-refractivity contribution in [3.8, 4) is 5.75 Å². The minimum atomic E-state index is -0.534. The fourth-order valence-electron chi connectivity index (χ4n) is 1.61. The smallest absolute Gasteiger partial charge is 0.264 e. The summed E-state index contributed by atoms with van der Waals surface area (Å²) < 4.78 is 10.5. The Kier molecular flexibility index (Phi) is 4.12. The molecule has 6 heteroatoms. The highest BCUT2D eigenvalue weighted by atomic mass is 16.5. The van der Waals surface area contributed by atoms with Crippen LogP contribution in [0, 0.1) is 0 Å². The van der Waals surface area contributed by atoms with Gasteiger partial charge in [0.1, 0.15) is 5.75 Å². The summed E-state index contributed by atoms with van der Waals surface area (Å²) in [6.45, 7) is 2.15. The van der Waals surface area contributed by atoms with Gasteiger partial charge in [0.2, 0.25) is 0 Å². The molecule has 1 aromatic carbocycles. The van der Waals surface area contributed by atoms with Crippen molar-refractivity contribution in [1.29, 1.82) is 0 Å². The van der Waals surface area contributed by atoms with Crippen molar-refractivity contribution in [2.45, 2.75) is 26.4 Å². The number of nitrogens with zero attached hydrogens (tertiary/aromatic N) is 2. The number of ether oxygens (including phenoxy) is 1. The number of carbonyl (C=O) groups is 1. The predicted octanol–water partition coefficient (Wildman–Crippen LogP) is 1.70. The number of primary amides is 1. The second-order valence-corrected chi connectivity index (χ2v) is 4.00. The first-order chi connectivity index (χ1) is 9.20. The van der Waals surface area contributed by atoms with Crippen molar-refractivity contribution >= 4 is 5.91 Å². The van der Waals surface area contributed by atoms with Crippen molar-refractivity contribution in [3.63, 3.8) is 0 Å². The maximum Gasteiger partial charge on any atom is 0.264 e. The van der Waals surface area contributed by atoms with Gasteiger partial charge in [0.25, 0.3) is 11.8 Å². The Hall–Kier alpha value is -2.37.